The SMILES string of the molecule is COc1ccc(N2CC(C(=O)Nc3nnc(C4CCCC4)s3)CC2=O)c(OC)c1. The van der Waals surface area contributed by atoms with E-state index < -0.39 is 5.92 Å². The first kappa shape index (κ1) is 19.6. The molecule has 29 heavy (non-hydrogen) atoms. The van der Waals surface area contributed by atoms with Crippen LogP contribution in [0.4, 0.5) is 10.8 Å². The van der Waals surface area contributed by atoms with Gasteiger partial charge in [-0.2, -0.15) is 0 Å². The molecule has 4 rings (SSSR count). The molecule has 2 heterocycles. The van der Waals surface area contributed by atoms with Crippen LogP contribution < -0.4 is 19.7 Å². The van der Waals surface area contributed by atoms with Gasteiger partial charge in [0, 0.05) is 24.9 Å². The summed E-state index contributed by atoms with van der Waals surface area (Å²) in [4.78, 5) is 26.9. The van der Waals surface area contributed by atoms with Gasteiger partial charge in [0.05, 0.1) is 25.8 Å². The summed E-state index contributed by atoms with van der Waals surface area (Å²) in [7, 11) is 3.11. The van der Waals surface area contributed by atoms with Gasteiger partial charge in [-0.15, -0.1) is 10.2 Å². The number of amides is 2. The van der Waals surface area contributed by atoms with Crippen molar-refractivity contribution >= 4 is 34.0 Å². The van der Waals surface area contributed by atoms with E-state index in [1.165, 1.54) is 24.2 Å². The number of nitrogens with zero attached hydrogens (tertiary/aromatic N) is 3. The van der Waals surface area contributed by atoms with Crippen LogP contribution in [0.5, 0.6) is 11.5 Å². The van der Waals surface area contributed by atoms with Gasteiger partial charge in [-0.1, -0.05) is 24.2 Å². The Labute approximate surface area is 173 Å². The second-order valence-electron chi connectivity index (χ2n) is 7.36. The lowest BCUT2D eigenvalue weighted by Gasteiger charge is -2.20. The molecule has 2 aromatic rings. The molecular weight excluding hydrogens is 392 g/mol. The number of benzene rings is 1. The summed E-state index contributed by atoms with van der Waals surface area (Å²) in [6.45, 7) is 0.293. The summed E-state index contributed by atoms with van der Waals surface area (Å²) < 4.78 is 10.6. The number of rotatable bonds is 6. The number of carbonyl (C=O) groups is 2. The summed E-state index contributed by atoms with van der Waals surface area (Å²) in [6.07, 6.45) is 4.87. The van der Waals surface area contributed by atoms with Crippen molar-refractivity contribution in [3.05, 3.63) is 23.2 Å². The van der Waals surface area contributed by atoms with Crippen LogP contribution in [0.15, 0.2) is 18.2 Å². The molecule has 1 saturated carbocycles. The van der Waals surface area contributed by atoms with Gasteiger partial charge in [-0.3, -0.25) is 9.59 Å². The number of carbonyl (C=O) groups excluding carboxylic acids is 2. The number of aromatic nitrogens is 2. The van der Waals surface area contributed by atoms with Crippen LogP contribution in [0, 0.1) is 5.92 Å². The van der Waals surface area contributed by atoms with E-state index in [0.717, 1.165) is 17.8 Å². The van der Waals surface area contributed by atoms with Gasteiger partial charge in [0.15, 0.2) is 0 Å². The maximum absolute atomic E-state index is 12.7. The van der Waals surface area contributed by atoms with E-state index in [4.69, 9.17) is 9.47 Å². The van der Waals surface area contributed by atoms with Crippen molar-refractivity contribution in [2.24, 2.45) is 5.92 Å². The van der Waals surface area contributed by atoms with Gasteiger partial charge in [0.25, 0.3) is 0 Å². The normalized spacial score (nSPS) is 19.6. The van der Waals surface area contributed by atoms with Gasteiger partial charge in [-0.25, -0.2) is 0 Å². The Morgan fingerprint density at radius 2 is 2.00 bits per heavy atom. The van der Waals surface area contributed by atoms with Gasteiger partial charge in [0.1, 0.15) is 16.5 Å². The first-order valence-corrected chi connectivity index (χ1v) is 10.6. The molecule has 1 atom stereocenters. The number of ether oxygens (including phenoxy) is 2. The van der Waals surface area contributed by atoms with Gasteiger partial charge in [0.2, 0.25) is 16.9 Å². The topological polar surface area (TPSA) is 93.6 Å². The molecule has 2 amide bonds. The van der Waals surface area contributed by atoms with E-state index in [9.17, 15) is 9.59 Å². The quantitative estimate of drug-likeness (QED) is 0.777. The zero-order valence-corrected chi connectivity index (χ0v) is 17.3. The maximum Gasteiger partial charge on any atom is 0.231 e. The minimum absolute atomic E-state index is 0.113. The summed E-state index contributed by atoms with van der Waals surface area (Å²) in [6, 6.07) is 5.26. The monoisotopic (exact) mass is 416 g/mol. The molecule has 1 aromatic carbocycles. The summed E-state index contributed by atoms with van der Waals surface area (Å²) in [5.74, 6) is 0.863. The van der Waals surface area contributed by atoms with Crippen molar-refractivity contribution in [2.75, 3.05) is 31.0 Å². The predicted octanol–water partition coefficient (Wildman–Crippen LogP) is 3.20. The Bertz CT molecular complexity index is 910. The molecule has 9 heteroatoms. The highest BCUT2D eigenvalue weighted by Crippen LogP contribution is 2.38. The second kappa shape index (κ2) is 8.36. The van der Waals surface area contributed by atoms with E-state index in [1.807, 2.05) is 0 Å². The van der Waals surface area contributed by atoms with Crippen LogP contribution in [0.25, 0.3) is 0 Å². The predicted molar refractivity (Wildman–Crippen MR) is 110 cm³/mol. The fourth-order valence-electron chi connectivity index (χ4n) is 3.95. The molecule has 8 nitrogen and oxygen atoms in total. The number of methoxy groups -OCH3 is 2. The molecule has 1 aromatic heterocycles. The Kier molecular flexibility index (Phi) is 5.66. The average Bonchev–Trinajstić information content (AvgIpc) is 3.48. The smallest absolute Gasteiger partial charge is 0.231 e. The Balaban J connectivity index is 1.43. The standard InChI is InChI=1S/C20H24N4O4S/c1-27-14-7-8-15(16(10-14)28-2)24-11-13(9-17(24)25)18(26)21-20-23-22-19(29-20)12-5-3-4-6-12/h7-8,10,12-13H,3-6,9,11H2,1-2H3,(H,21,23,26). The summed E-state index contributed by atoms with van der Waals surface area (Å²) >= 11 is 1.44. The van der Waals surface area contributed by atoms with Crippen molar-refractivity contribution in [1.29, 1.82) is 0 Å². The highest BCUT2D eigenvalue weighted by atomic mass is 32.1. The van der Waals surface area contributed by atoms with Gasteiger partial charge < -0.3 is 19.7 Å². The molecule has 1 N–H and O–H groups in total. The molecule has 0 bridgehead atoms. The molecule has 1 unspecified atom stereocenters. The molecule has 1 aliphatic carbocycles. The third-order valence-electron chi connectivity index (χ3n) is 5.55. The molecule has 2 aliphatic rings. The van der Waals surface area contributed by atoms with E-state index >= 15 is 0 Å². The minimum atomic E-state index is -0.451. The first-order valence-electron chi connectivity index (χ1n) is 9.75. The Hall–Kier alpha value is -2.68. The third-order valence-corrected chi connectivity index (χ3v) is 6.55. The van der Waals surface area contributed by atoms with Crippen molar-refractivity contribution in [3.63, 3.8) is 0 Å². The zero-order chi connectivity index (χ0) is 20.4. The van der Waals surface area contributed by atoms with E-state index in [1.54, 1.807) is 37.3 Å². The summed E-state index contributed by atoms with van der Waals surface area (Å²) in [5, 5.41) is 12.7. The van der Waals surface area contributed by atoms with Crippen LogP contribution in [-0.2, 0) is 9.59 Å². The minimum Gasteiger partial charge on any atom is -0.497 e. The fraction of sp³-hybridized carbons (Fsp3) is 0.500. The molecular formula is C20H24N4O4S. The van der Waals surface area contributed by atoms with E-state index in [2.05, 4.69) is 15.5 Å². The molecule has 1 aliphatic heterocycles. The van der Waals surface area contributed by atoms with Crippen LogP contribution in [0.2, 0.25) is 0 Å². The average molecular weight is 417 g/mol. The molecule has 2 fully saturated rings. The van der Waals surface area contributed by atoms with Gasteiger partial charge >= 0.3 is 0 Å². The lowest BCUT2D eigenvalue weighted by atomic mass is 10.1. The van der Waals surface area contributed by atoms with Crippen LogP contribution >= 0.6 is 11.3 Å². The third kappa shape index (κ3) is 4.05. The molecule has 0 radical (unpaired) electrons. The highest BCUT2D eigenvalue weighted by molar-refractivity contribution is 7.15. The van der Waals surface area contributed by atoms with Crippen LogP contribution in [0.3, 0.4) is 0 Å². The van der Waals surface area contributed by atoms with Crippen molar-refractivity contribution in [2.45, 2.75) is 38.0 Å². The van der Waals surface area contributed by atoms with Crippen molar-refractivity contribution in [3.8, 4) is 11.5 Å². The maximum atomic E-state index is 12.7. The highest BCUT2D eigenvalue weighted by Gasteiger charge is 2.37. The molecule has 1 saturated heterocycles. The summed E-state index contributed by atoms with van der Waals surface area (Å²) in [5.41, 5.74) is 0.632. The lowest BCUT2D eigenvalue weighted by Crippen LogP contribution is -2.28. The Morgan fingerprint density at radius 3 is 2.72 bits per heavy atom. The molecule has 0 spiro atoms. The van der Waals surface area contributed by atoms with Crippen LogP contribution in [0.1, 0.15) is 43.0 Å². The number of hydrogen-bond acceptors (Lipinski definition) is 7. The van der Waals surface area contributed by atoms with Crippen LogP contribution in [-0.4, -0.2) is 42.8 Å². The van der Waals surface area contributed by atoms with E-state index in [0.29, 0.717) is 34.8 Å². The largest absolute Gasteiger partial charge is 0.497 e. The lowest BCUT2D eigenvalue weighted by molar-refractivity contribution is -0.122. The fourth-order valence-corrected chi connectivity index (χ4v) is 4.87. The number of hydrogen-bond donors (Lipinski definition) is 1. The number of nitrogens with one attached hydrogen (secondary N) is 1. The zero-order valence-electron chi connectivity index (χ0n) is 16.5. The van der Waals surface area contributed by atoms with Crippen molar-refractivity contribution < 1.29 is 19.1 Å². The first-order chi connectivity index (χ1) is 14.1. The number of anilines is 2. The van der Waals surface area contributed by atoms with Gasteiger partial charge in [-0.05, 0) is 25.0 Å². The van der Waals surface area contributed by atoms with E-state index in [-0.39, 0.29) is 18.2 Å². The Morgan fingerprint density at radius 1 is 1.21 bits per heavy atom. The molecule has 154 valence electrons. The van der Waals surface area contributed by atoms with Crippen molar-refractivity contribution in [1.82, 2.24) is 10.2 Å². The second-order valence-corrected chi connectivity index (χ2v) is 8.37.